The van der Waals surface area contributed by atoms with Crippen molar-refractivity contribution in [3.8, 4) is 0 Å². The zero-order chi connectivity index (χ0) is 22.5. The minimum atomic E-state index is -1.29. The van der Waals surface area contributed by atoms with Gasteiger partial charge < -0.3 is 26.0 Å². The fraction of sp³-hybridized carbons (Fsp3) is 0.412. The van der Waals surface area contributed by atoms with Gasteiger partial charge in [0.2, 0.25) is 11.8 Å². The van der Waals surface area contributed by atoms with Gasteiger partial charge in [-0.25, -0.2) is 10.0 Å². The molecule has 0 aromatic carbocycles. The fourth-order valence-corrected chi connectivity index (χ4v) is 3.74. The van der Waals surface area contributed by atoms with Crippen molar-refractivity contribution in [1.29, 1.82) is 0 Å². The predicted molar refractivity (Wildman–Crippen MR) is 105 cm³/mol. The minimum Gasteiger partial charge on any atom is -0.481 e. The van der Waals surface area contributed by atoms with Crippen molar-refractivity contribution in [2.75, 3.05) is 0 Å². The Balaban J connectivity index is 1.80. The second-order valence-electron chi connectivity index (χ2n) is 6.83. The standard InChI is InChI=1S/C17H20N6O7S/c24-8-9(6-14(26)27)19-15(28)11-2-1-5-22-13(25)4-3-10(17(30)23(11)22)20-16(29)12-7-18-21-31-12/h1,5,7-11,18,21H,2-4,6H2,(H,19,28)(H,20,29)(H,26,27)/t9-,10-,11-/m0/s1. The normalized spacial score (nSPS) is 23.8. The van der Waals surface area contributed by atoms with Gasteiger partial charge in [0.15, 0.2) is 0 Å². The maximum atomic E-state index is 13.2. The summed E-state index contributed by atoms with van der Waals surface area (Å²) in [7, 11) is 0. The van der Waals surface area contributed by atoms with Crippen molar-refractivity contribution >= 4 is 47.8 Å². The Morgan fingerprint density at radius 1 is 1.35 bits per heavy atom. The van der Waals surface area contributed by atoms with E-state index in [2.05, 4.69) is 20.9 Å². The molecule has 0 bridgehead atoms. The molecule has 3 aliphatic heterocycles. The van der Waals surface area contributed by atoms with Gasteiger partial charge in [0, 0.05) is 18.8 Å². The van der Waals surface area contributed by atoms with Gasteiger partial charge in [0.25, 0.3) is 11.8 Å². The van der Waals surface area contributed by atoms with Gasteiger partial charge in [-0.05, 0) is 24.8 Å². The van der Waals surface area contributed by atoms with Crippen molar-refractivity contribution in [2.45, 2.75) is 43.8 Å². The van der Waals surface area contributed by atoms with Crippen LogP contribution in [0.2, 0.25) is 0 Å². The number of hydrazine groups is 2. The van der Waals surface area contributed by atoms with E-state index in [0.717, 1.165) is 22.0 Å². The number of nitrogens with zero attached hydrogens (tertiary/aromatic N) is 2. The first-order valence-corrected chi connectivity index (χ1v) is 10.1. The van der Waals surface area contributed by atoms with Crippen LogP contribution in [0.1, 0.15) is 25.7 Å². The number of rotatable bonds is 7. The lowest BCUT2D eigenvalue weighted by molar-refractivity contribution is -0.166. The molecule has 0 aromatic rings. The number of hydrogen-bond acceptors (Lipinski definition) is 9. The van der Waals surface area contributed by atoms with Gasteiger partial charge in [0.1, 0.15) is 23.3 Å². The van der Waals surface area contributed by atoms with Gasteiger partial charge in [-0.3, -0.25) is 24.0 Å². The maximum Gasteiger partial charge on any atom is 0.305 e. The maximum absolute atomic E-state index is 13.2. The molecule has 5 N–H and O–H groups in total. The number of nitrogens with one attached hydrogen (secondary N) is 4. The van der Waals surface area contributed by atoms with Gasteiger partial charge in [-0.2, -0.15) is 4.83 Å². The third-order valence-electron chi connectivity index (χ3n) is 4.70. The Bertz CT molecular complexity index is 875. The summed E-state index contributed by atoms with van der Waals surface area (Å²) < 4.78 is 0. The Hall–Kier alpha value is -3.39. The van der Waals surface area contributed by atoms with Gasteiger partial charge in [-0.1, -0.05) is 6.08 Å². The summed E-state index contributed by atoms with van der Waals surface area (Å²) in [6, 6.07) is -3.55. The molecule has 0 saturated carbocycles. The molecule has 1 saturated heterocycles. The summed E-state index contributed by atoms with van der Waals surface area (Å²) in [5.74, 6) is -3.72. The lowest BCUT2D eigenvalue weighted by atomic mass is 10.1. The van der Waals surface area contributed by atoms with Crippen LogP contribution in [-0.2, 0) is 28.8 Å². The molecule has 0 spiro atoms. The summed E-state index contributed by atoms with van der Waals surface area (Å²) in [6.45, 7) is 0. The number of carboxylic acid groups (broad SMARTS) is 1. The number of carboxylic acids is 1. The Labute approximate surface area is 180 Å². The summed E-state index contributed by atoms with van der Waals surface area (Å²) in [5, 5.41) is 15.7. The number of fused-ring (bicyclic) bond motifs is 1. The molecule has 0 radical (unpaired) electrons. The molecule has 13 nitrogen and oxygen atoms in total. The third-order valence-corrected chi connectivity index (χ3v) is 5.44. The van der Waals surface area contributed by atoms with Crippen molar-refractivity contribution in [2.24, 2.45) is 0 Å². The second-order valence-corrected chi connectivity index (χ2v) is 7.68. The highest BCUT2D eigenvalue weighted by molar-refractivity contribution is 8.02. The molecule has 3 atom stereocenters. The van der Waals surface area contributed by atoms with E-state index in [1.54, 1.807) is 0 Å². The Morgan fingerprint density at radius 2 is 2.13 bits per heavy atom. The summed E-state index contributed by atoms with van der Waals surface area (Å²) >= 11 is 1.02. The zero-order valence-electron chi connectivity index (χ0n) is 16.1. The first kappa shape index (κ1) is 22.3. The molecule has 0 unspecified atom stereocenters. The highest BCUT2D eigenvalue weighted by Crippen LogP contribution is 2.24. The summed E-state index contributed by atoms with van der Waals surface area (Å²) in [6.07, 6.45) is 3.99. The monoisotopic (exact) mass is 452 g/mol. The summed E-state index contributed by atoms with van der Waals surface area (Å²) in [5.41, 5.74) is 2.63. The Morgan fingerprint density at radius 3 is 2.77 bits per heavy atom. The van der Waals surface area contributed by atoms with E-state index in [9.17, 15) is 28.8 Å². The van der Waals surface area contributed by atoms with E-state index in [1.165, 1.54) is 18.5 Å². The van der Waals surface area contributed by atoms with Gasteiger partial charge >= 0.3 is 5.97 Å². The molecule has 166 valence electrons. The summed E-state index contributed by atoms with van der Waals surface area (Å²) in [4.78, 5) is 75.8. The number of amides is 4. The smallest absolute Gasteiger partial charge is 0.305 e. The van der Waals surface area contributed by atoms with Crippen molar-refractivity contribution < 1.29 is 33.9 Å². The first-order valence-electron chi connectivity index (χ1n) is 9.29. The van der Waals surface area contributed by atoms with Crippen molar-refractivity contribution in [3.63, 3.8) is 0 Å². The minimum absolute atomic E-state index is 0.0351. The number of aldehydes is 1. The molecular weight excluding hydrogens is 432 g/mol. The topological polar surface area (TPSA) is 177 Å². The molecule has 3 rings (SSSR count). The lowest BCUT2D eigenvalue weighted by Crippen LogP contribution is -2.62. The molecule has 0 aliphatic carbocycles. The first-order chi connectivity index (χ1) is 14.8. The molecule has 4 amide bonds. The van der Waals surface area contributed by atoms with Crippen LogP contribution >= 0.6 is 11.9 Å². The number of carbonyl (C=O) groups excluding carboxylic acids is 5. The Kier molecular flexibility index (Phi) is 6.91. The number of hydrogen-bond donors (Lipinski definition) is 5. The van der Waals surface area contributed by atoms with Crippen LogP contribution in [0.4, 0.5) is 0 Å². The number of aliphatic carboxylic acids is 1. The van der Waals surface area contributed by atoms with Crippen LogP contribution in [0.15, 0.2) is 23.4 Å². The van der Waals surface area contributed by atoms with E-state index >= 15 is 0 Å². The van der Waals surface area contributed by atoms with Crippen LogP contribution in [0.5, 0.6) is 0 Å². The van der Waals surface area contributed by atoms with E-state index in [-0.39, 0.29) is 30.5 Å². The highest BCUT2D eigenvalue weighted by Gasteiger charge is 2.43. The quantitative estimate of drug-likeness (QED) is 0.212. The second kappa shape index (κ2) is 9.61. The molecule has 0 aromatic heterocycles. The molecule has 14 heteroatoms. The molecule has 1 fully saturated rings. The van der Waals surface area contributed by atoms with E-state index < -0.39 is 54.1 Å². The van der Waals surface area contributed by atoms with Crippen LogP contribution < -0.4 is 20.9 Å². The molecular formula is C17H20N6O7S. The van der Waals surface area contributed by atoms with Crippen LogP contribution in [-0.4, -0.2) is 69.1 Å². The van der Waals surface area contributed by atoms with Crippen LogP contribution in [0.3, 0.4) is 0 Å². The van der Waals surface area contributed by atoms with Crippen molar-refractivity contribution in [3.05, 3.63) is 23.4 Å². The predicted octanol–water partition coefficient (Wildman–Crippen LogP) is -2.12. The van der Waals surface area contributed by atoms with Crippen molar-refractivity contribution in [1.82, 2.24) is 30.9 Å². The SMILES string of the molecule is O=C[C@H](CC(=O)O)NC(=O)[C@@H]1CC=CN2C(=O)CC[C@H](NC(=O)C3=CNNS3)C(=O)N12. The van der Waals surface area contributed by atoms with Crippen LogP contribution in [0, 0.1) is 0 Å². The lowest BCUT2D eigenvalue weighted by Gasteiger charge is -2.39. The molecule has 3 aliphatic rings. The van der Waals surface area contributed by atoms with E-state index in [4.69, 9.17) is 5.11 Å². The third kappa shape index (κ3) is 5.03. The average molecular weight is 452 g/mol. The average Bonchev–Trinajstić information content (AvgIpc) is 3.25. The van der Waals surface area contributed by atoms with Gasteiger partial charge in [0.05, 0.1) is 12.5 Å². The largest absolute Gasteiger partial charge is 0.481 e. The zero-order valence-corrected chi connectivity index (χ0v) is 16.9. The van der Waals surface area contributed by atoms with Crippen LogP contribution in [0.25, 0.3) is 0 Å². The highest BCUT2D eigenvalue weighted by atomic mass is 32.2. The van der Waals surface area contributed by atoms with Gasteiger partial charge in [-0.15, -0.1) is 0 Å². The van der Waals surface area contributed by atoms with E-state index in [0.29, 0.717) is 0 Å². The molecule has 31 heavy (non-hydrogen) atoms. The molecule has 3 heterocycles. The fourth-order valence-electron chi connectivity index (χ4n) is 3.24. The number of carbonyl (C=O) groups is 6. The van der Waals surface area contributed by atoms with E-state index in [1.807, 2.05) is 0 Å².